The first-order valence-electron chi connectivity index (χ1n) is 39.0. The molecule has 20 rings (SSSR count). The Bertz CT molecular complexity index is 6530. The molecule has 0 aliphatic rings. The van der Waals surface area contributed by atoms with Crippen LogP contribution in [0.4, 0.5) is 0 Å². The van der Waals surface area contributed by atoms with Crippen molar-refractivity contribution in [3.63, 3.8) is 0 Å². The molecule has 20 aromatic rings. The van der Waals surface area contributed by atoms with Crippen molar-refractivity contribution in [3.05, 3.63) is 435 Å². The molecule has 0 radical (unpaired) electrons. The zero-order valence-corrected chi connectivity index (χ0v) is 63.3. The summed E-state index contributed by atoms with van der Waals surface area (Å²) in [5.74, 6) is 0. The summed E-state index contributed by atoms with van der Waals surface area (Å²) >= 11 is 0. The van der Waals surface area contributed by atoms with Gasteiger partial charge < -0.3 is 0 Å². The van der Waals surface area contributed by atoms with Crippen LogP contribution in [0.5, 0.6) is 0 Å². The minimum atomic E-state index is 1.20. The molecule has 112 heavy (non-hydrogen) atoms. The fourth-order valence-electron chi connectivity index (χ4n) is 17.8. The van der Waals surface area contributed by atoms with Gasteiger partial charge in [-0.25, -0.2) is 0 Å². The molecule has 0 atom stereocenters. The van der Waals surface area contributed by atoms with Crippen LogP contribution in [0.3, 0.4) is 0 Å². The van der Waals surface area contributed by atoms with Crippen molar-refractivity contribution >= 4 is 64.6 Å². The van der Waals surface area contributed by atoms with Crippen LogP contribution in [0.25, 0.3) is 198 Å². The second-order valence-corrected chi connectivity index (χ2v) is 29.7. The third kappa shape index (κ3) is 12.2. The second kappa shape index (κ2) is 29.5. The summed E-state index contributed by atoms with van der Waals surface area (Å²) < 4.78 is 0. The molecule has 528 valence electrons. The minimum absolute atomic E-state index is 1.20. The van der Waals surface area contributed by atoms with Gasteiger partial charge in [-0.2, -0.15) is 0 Å². The van der Waals surface area contributed by atoms with Crippen molar-refractivity contribution in [2.75, 3.05) is 0 Å². The summed E-state index contributed by atoms with van der Waals surface area (Å²) in [6.07, 6.45) is 0. The molecule has 0 aliphatic heterocycles. The first-order valence-corrected chi connectivity index (χ1v) is 39.0. The average Bonchev–Trinajstić information content (AvgIpc) is 0.697. The van der Waals surface area contributed by atoms with E-state index in [1.54, 1.807) is 0 Å². The Balaban J connectivity index is 0.000000151. The Kier molecular flexibility index (Phi) is 18.0. The first-order chi connectivity index (χ1) is 55.3. The van der Waals surface area contributed by atoms with Crippen molar-refractivity contribution in [3.8, 4) is 134 Å². The SMILES string of the molecule is Cc1cc2c(-c3ccccc3)c3c(-c4cccc(-c5ccccc5)c4)c4ccccc4c(-c4cccc(-c5ccccc5)c4)c3c(-c3ccccc3)c2cc1C.Cc1cc2c(-c3ccccc3)c3c(-c4ccccc4-c4ccccc4)c4ccccc4c(-c4ccccc4-c4ccccc4)c3c(-c3ccccc3)c2cc1C. The van der Waals surface area contributed by atoms with Crippen molar-refractivity contribution in [1.82, 2.24) is 0 Å². The molecular formula is C112H80. The fourth-order valence-corrected chi connectivity index (χ4v) is 17.8. The summed E-state index contributed by atoms with van der Waals surface area (Å²) in [4.78, 5) is 0. The lowest BCUT2D eigenvalue weighted by molar-refractivity contribution is 1.37. The standard InChI is InChI=1S/2C56H40/c1-37-35-49-50(36-38(37)2)52(42-27-13-6-14-28-42)56-54(46-32-18-16-30-44(46)40-23-9-4-10-24-40)48-34-20-19-33-47(48)53(55(56)51(49)41-25-11-5-12-26-41)45-31-17-15-29-43(45)39-21-7-3-8-22-39;1-37-33-49-50(34-38(37)2)52(42-25-13-6-14-26-42)56-54(46-30-18-28-44(36-46)40-21-9-4-10-22-40)48-32-16-15-31-47(48)53(55(56)51(49)41-23-11-5-12-24-41)45-29-17-27-43(35-45)39-19-7-3-8-20-39/h2*3-36H,1-2H3. The third-order valence-electron chi connectivity index (χ3n) is 23.1. The molecule has 0 heteroatoms. The Morgan fingerprint density at radius 1 is 0.116 bits per heavy atom. The largest absolute Gasteiger partial charge is 0.0622 e. The first kappa shape index (κ1) is 68.5. The monoisotopic (exact) mass is 1420 g/mol. The van der Waals surface area contributed by atoms with Crippen LogP contribution in [0.15, 0.2) is 413 Å². The van der Waals surface area contributed by atoms with Crippen LogP contribution >= 0.6 is 0 Å². The van der Waals surface area contributed by atoms with Gasteiger partial charge in [0.1, 0.15) is 0 Å². The van der Waals surface area contributed by atoms with E-state index in [1.165, 1.54) is 220 Å². The molecule has 20 aromatic carbocycles. The maximum atomic E-state index is 2.44. The van der Waals surface area contributed by atoms with Crippen LogP contribution in [-0.4, -0.2) is 0 Å². The molecule has 0 heterocycles. The molecule has 0 unspecified atom stereocenters. The van der Waals surface area contributed by atoms with Crippen LogP contribution in [-0.2, 0) is 0 Å². The zero-order valence-electron chi connectivity index (χ0n) is 63.3. The van der Waals surface area contributed by atoms with E-state index in [-0.39, 0.29) is 0 Å². The molecule has 0 bridgehead atoms. The molecular weight excluding hydrogens is 1350 g/mol. The Morgan fingerprint density at radius 3 is 0.580 bits per heavy atom. The average molecular weight is 1430 g/mol. The Morgan fingerprint density at radius 2 is 0.304 bits per heavy atom. The highest BCUT2D eigenvalue weighted by atomic mass is 14.3. The normalized spacial score (nSPS) is 11.4. The minimum Gasteiger partial charge on any atom is -0.0622 e. The molecule has 0 nitrogen and oxygen atoms in total. The van der Waals surface area contributed by atoms with E-state index in [9.17, 15) is 0 Å². The van der Waals surface area contributed by atoms with Gasteiger partial charge in [0.05, 0.1) is 0 Å². The molecule has 0 spiro atoms. The van der Waals surface area contributed by atoms with Gasteiger partial charge in [-0.05, 0) is 260 Å². The predicted octanol–water partition coefficient (Wildman–Crippen LogP) is 31.5. The fraction of sp³-hybridized carbons (Fsp3) is 0.0357. The summed E-state index contributed by atoms with van der Waals surface area (Å²) in [6.45, 7) is 9.01. The quantitative estimate of drug-likeness (QED) is 0.107. The van der Waals surface area contributed by atoms with Gasteiger partial charge in [-0.15, -0.1) is 0 Å². The number of benzene rings is 20. The Labute approximate surface area is 656 Å². The maximum Gasteiger partial charge on any atom is -0.000116 e. The summed E-state index contributed by atoms with van der Waals surface area (Å²) in [6, 6.07) is 152. The molecule has 0 fully saturated rings. The van der Waals surface area contributed by atoms with Crippen LogP contribution in [0.1, 0.15) is 22.3 Å². The lowest BCUT2D eigenvalue weighted by Gasteiger charge is -2.27. The molecule has 0 saturated heterocycles. The molecule has 0 amide bonds. The molecule has 0 saturated carbocycles. The number of fused-ring (bicyclic) bond motifs is 6. The van der Waals surface area contributed by atoms with Gasteiger partial charge in [0.15, 0.2) is 0 Å². The van der Waals surface area contributed by atoms with Gasteiger partial charge >= 0.3 is 0 Å². The van der Waals surface area contributed by atoms with Gasteiger partial charge in [-0.1, -0.05) is 400 Å². The lowest BCUT2D eigenvalue weighted by atomic mass is 9.75. The van der Waals surface area contributed by atoms with Crippen LogP contribution in [0, 0.1) is 27.7 Å². The highest BCUT2D eigenvalue weighted by molar-refractivity contribution is 6.36. The zero-order chi connectivity index (χ0) is 75.2. The van der Waals surface area contributed by atoms with E-state index in [4.69, 9.17) is 0 Å². The van der Waals surface area contributed by atoms with Crippen LogP contribution < -0.4 is 0 Å². The number of hydrogen-bond acceptors (Lipinski definition) is 0. The predicted molar refractivity (Wildman–Crippen MR) is 482 cm³/mol. The van der Waals surface area contributed by atoms with Gasteiger partial charge in [0.25, 0.3) is 0 Å². The number of aryl methyl sites for hydroxylation is 4. The third-order valence-corrected chi connectivity index (χ3v) is 23.1. The molecule has 0 N–H and O–H groups in total. The van der Waals surface area contributed by atoms with Gasteiger partial charge in [0, 0.05) is 0 Å². The summed E-state index contributed by atoms with van der Waals surface area (Å²) in [5.41, 5.74) is 34.6. The smallest absolute Gasteiger partial charge is 0.000116 e. The van der Waals surface area contributed by atoms with E-state index >= 15 is 0 Å². The highest BCUT2D eigenvalue weighted by Crippen LogP contribution is 2.58. The van der Waals surface area contributed by atoms with E-state index in [1.807, 2.05) is 0 Å². The van der Waals surface area contributed by atoms with Crippen molar-refractivity contribution in [2.24, 2.45) is 0 Å². The lowest BCUT2D eigenvalue weighted by Crippen LogP contribution is -2.00. The highest BCUT2D eigenvalue weighted by Gasteiger charge is 2.31. The van der Waals surface area contributed by atoms with E-state index in [0.29, 0.717) is 0 Å². The van der Waals surface area contributed by atoms with Crippen LogP contribution in [0.2, 0.25) is 0 Å². The Hall–Kier alpha value is -14.0. The summed E-state index contributed by atoms with van der Waals surface area (Å²) in [5, 5.41) is 15.1. The number of rotatable bonds is 12. The van der Waals surface area contributed by atoms with E-state index < -0.39 is 0 Å². The number of hydrogen-bond donors (Lipinski definition) is 0. The molecule has 0 aromatic heterocycles. The molecule has 0 aliphatic carbocycles. The van der Waals surface area contributed by atoms with Crippen molar-refractivity contribution in [2.45, 2.75) is 27.7 Å². The second-order valence-electron chi connectivity index (χ2n) is 29.7. The van der Waals surface area contributed by atoms with Gasteiger partial charge in [-0.3, -0.25) is 0 Å². The van der Waals surface area contributed by atoms with Crippen molar-refractivity contribution < 1.29 is 0 Å². The maximum absolute atomic E-state index is 2.44. The van der Waals surface area contributed by atoms with E-state index in [0.717, 1.165) is 0 Å². The van der Waals surface area contributed by atoms with Gasteiger partial charge in [0.2, 0.25) is 0 Å². The van der Waals surface area contributed by atoms with E-state index in [2.05, 4.69) is 440 Å². The summed E-state index contributed by atoms with van der Waals surface area (Å²) in [7, 11) is 0. The topological polar surface area (TPSA) is 0 Å². The van der Waals surface area contributed by atoms with Crippen molar-refractivity contribution in [1.29, 1.82) is 0 Å².